The van der Waals surface area contributed by atoms with Crippen molar-refractivity contribution in [2.24, 2.45) is 5.14 Å². The Hall–Kier alpha value is -3.35. The summed E-state index contributed by atoms with van der Waals surface area (Å²) in [6, 6.07) is 11.2. The molecule has 0 unspecified atom stereocenters. The first-order chi connectivity index (χ1) is 14.2. The van der Waals surface area contributed by atoms with E-state index in [0.29, 0.717) is 22.8 Å². The Morgan fingerprint density at radius 3 is 2.57 bits per heavy atom. The molecule has 0 aliphatic rings. The Morgan fingerprint density at radius 1 is 1.17 bits per heavy atom. The second-order valence-corrected chi connectivity index (χ2v) is 8.93. The summed E-state index contributed by atoms with van der Waals surface area (Å²) in [5, 5.41) is 12.9. The lowest BCUT2D eigenvalue weighted by Crippen LogP contribution is -2.11. The fraction of sp³-hybridized carbons (Fsp3) is 0.111. The Balaban J connectivity index is 1.61. The van der Waals surface area contributed by atoms with Gasteiger partial charge in [0.2, 0.25) is 27.1 Å². The van der Waals surface area contributed by atoms with E-state index in [1.54, 1.807) is 24.3 Å². The zero-order valence-electron chi connectivity index (χ0n) is 15.7. The van der Waals surface area contributed by atoms with Crippen LogP contribution in [0.25, 0.3) is 15.3 Å². The molecule has 4 aromatic rings. The Labute approximate surface area is 175 Å². The minimum atomic E-state index is -3.77. The number of rotatable bonds is 6. The number of primary sulfonamides is 1. The summed E-state index contributed by atoms with van der Waals surface area (Å²) in [6.45, 7) is 1.82. The number of nitrogens with zero attached hydrogens (tertiary/aromatic N) is 4. The number of nitrogen functional groups attached to an aromatic ring is 1. The summed E-state index contributed by atoms with van der Waals surface area (Å²) in [4.78, 5) is 20.6. The minimum Gasteiger partial charge on any atom is -0.368 e. The SMILES string of the molecule is CCC(=O)c1ccc2nc(-n3nc(Nc4ccc(S(N)(=O)=O)cc4)nc3N)sc2c1. The largest absolute Gasteiger partial charge is 0.368 e. The van der Waals surface area contributed by atoms with Crippen LogP contribution < -0.4 is 16.2 Å². The molecular weight excluding hydrogens is 426 g/mol. The maximum atomic E-state index is 11.9. The van der Waals surface area contributed by atoms with Gasteiger partial charge in [0, 0.05) is 17.7 Å². The summed E-state index contributed by atoms with van der Waals surface area (Å²) in [7, 11) is -3.77. The van der Waals surface area contributed by atoms with Gasteiger partial charge in [0.1, 0.15) is 0 Å². The van der Waals surface area contributed by atoms with Gasteiger partial charge in [0.15, 0.2) is 5.78 Å². The third kappa shape index (κ3) is 3.87. The number of benzene rings is 2. The molecule has 4 rings (SSSR count). The van der Waals surface area contributed by atoms with Crippen LogP contribution in [0.5, 0.6) is 0 Å². The molecule has 2 heterocycles. The third-order valence-electron chi connectivity index (χ3n) is 4.27. The van der Waals surface area contributed by atoms with E-state index < -0.39 is 10.0 Å². The highest BCUT2D eigenvalue weighted by molar-refractivity contribution is 7.89. The van der Waals surface area contributed by atoms with Crippen molar-refractivity contribution >= 4 is 54.9 Å². The molecule has 0 aliphatic carbocycles. The molecule has 10 nitrogen and oxygen atoms in total. The van der Waals surface area contributed by atoms with Crippen LogP contribution in [0.3, 0.4) is 0 Å². The first-order valence-electron chi connectivity index (χ1n) is 8.81. The molecule has 0 atom stereocenters. The zero-order chi connectivity index (χ0) is 21.5. The number of carbonyl (C=O) groups excluding carboxylic acids is 1. The van der Waals surface area contributed by atoms with Gasteiger partial charge in [-0.05, 0) is 42.5 Å². The highest BCUT2D eigenvalue weighted by Crippen LogP contribution is 2.28. The molecule has 0 fully saturated rings. The van der Waals surface area contributed by atoms with Crippen molar-refractivity contribution in [2.75, 3.05) is 11.1 Å². The number of anilines is 3. The maximum Gasteiger partial charge on any atom is 0.248 e. The smallest absolute Gasteiger partial charge is 0.248 e. The lowest BCUT2D eigenvalue weighted by Gasteiger charge is -2.02. The summed E-state index contributed by atoms with van der Waals surface area (Å²) in [6.07, 6.45) is 0.431. The lowest BCUT2D eigenvalue weighted by molar-refractivity contribution is 0.0988. The zero-order valence-corrected chi connectivity index (χ0v) is 17.4. The monoisotopic (exact) mass is 443 g/mol. The number of thiazole rings is 1. The van der Waals surface area contributed by atoms with Gasteiger partial charge < -0.3 is 11.1 Å². The lowest BCUT2D eigenvalue weighted by atomic mass is 10.1. The van der Waals surface area contributed by atoms with Gasteiger partial charge in [-0.15, -0.1) is 5.10 Å². The van der Waals surface area contributed by atoms with Crippen molar-refractivity contribution in [3.63, 3.8) is 0 Å². The predicted molar refractivity (Wildman–Crippen MR) is 115 cm³/mol. The molecule has 2 aromatic heterocycles. The second kappa shape index (κ2) is 7.48. The number of nitrogens with two attached hydrogens (primary N) is 2. The van der Waals surface area contributed by atoms with Crippen molar-refractivity contribution in [1.29, 1.82) is 0 Å². The molecule has 154 valence electrons. The minimum absolute atomic E-state index is 0.00134. The van der Waals surface area contributed by atoms with Crippen LogP contribution in [0.4, 0.5) is 17.6 Å². The molecule has 12 heteroatoms. The second-order valence-electron chi connectivity index (χ2n) is 6.36. The van der Waals surface area contributed by atoms with Gasteiger partial charge in [-0.1, -0.05) is 18.3 Å². The maximum absolute atomic E-state index is 11.9. The van der Waals surface area contributed by atoms with Crippen LogP contribution in [0.15, 0.2) is 47.4 Å². The van der Waals surface area contributed by atoms with Crippen LogP contribution in [-0.2, 0) is 10.0 Å². The van der Waals surface area contributed by atoms with Gasteiger partial charge in [-0.3, -0.25) is 4.79 Å². The van der Waals surface area contributed by atoms with Gasteiger partial charge in [-0.2, -0.15) is 9.67 Å². The van der Waals surface area contributed by atoms with Gasteiger partial charge in [0.05, 0.1) is 15.1 Å². The van der Waals surface area contributed by atoms with Crippen molar-refractivity contribution in [3.05, 3.63) is 48.0 Å². The van der Waals surface area contributed by atoms with Crippen LogP contribution in [0, 0.1) is 0 Å². The number of fused-ring (bicyclic) bond motifs is 1. The number of aromatic nitrogens is 4. The van der Waals surface area contributed by atoms with Crippen LogP contribution in [-0.4, -0.2) is 33.9 Å². The summed E-state index contributed by atoms with van der Waals surface area (Å²) in [5.74, 6) is 0.409. The standard InChI is InChI=1S/C18H17N7O3S2/c1-2-14(26)10-3-8-13-15(9-10)29-18(22-13)25-16(19)23-17(24-25)21-11-4-6-12(7-5-11)30(20,27)28/h3-9H,2H2,1H3,(H2,20,27,28)(H3,19,21,23,24). The number of hydrogen-bond acceptors (Lipinski definition) is 9. The fourth-order valence-electron chi connectivity index (χ4n) is 2.76. The molecule has 30 heavy (non-hydrogen) atoms. The molecule has 5 N–H and O–H groups in total. The van der Waals surface area contributed by atoms with E-state index in [1.807, 2.05) is 13.0 Å². The Kier molecular flexibility index (Phi) is 4.97. The van der Waals surface area contributed by atoms with Gasteiger partial charge in [-0.25, -0.2) is 18.5 Å². The van der Waals surface area contributed by atoms with E-state index in [-0.39, 0.29) is 22.6 Å². The molecule has 0 spiro atoms. The Morgan fingerprint density at radius 2 is 1.90 bits per heavy atom. The van der Waals surface area contributed by atoms with E-state index in [9.17, 15) is 13.2 Å². The van der Waals surface area contributed by atoms with Crippen molar-refractivity contribution in [3.8, 4) is 5.13 Å². The molecule has 0 radical (unpaired) electrons. The highest BCUT2D eigenvalue weighted by Gasteiger charge is 2.15. The van der Waals surface area contributed by atoms with E-state index in [2.05, 4.69) is 20.4 Å². The van der Waals surface area contributed by atoms with Crippen molar-refractivity contribution < 1.29 is 13.2 Å². The fourth-order valence-corrected chi connectivity index (χ4v) is 4.24. The average Bonchev–Trinajstić information content (AvgIpc) is 3.29. The van der Waals surface area contributed by atoms with E-state index in [4.69, 9.17) is 10.9 Å². The molecule has 0 bridgehead atoms. The third-order valence-corrected chi connectivity index (χ3v) is 6.20. The number of hydrogen-bond donors (Lipinski definition) is 3. The normalized spacial score (nSPS) is 11.7. The highest BCUT2D eigenvalue weighted by atomic mass is 32.2. The van der Waals surface area contributed by atoms with Crippen LogP contribution in [0.2, 0.25) is 0 Å². The number of carbonyl (C=O) groups is 1. The molecule has 0 saturated heterocycles. The number of nitrogens with one attached hydrogen (secondary N) is 1. The molecule has 2 aromatic carbocycles. The van der Waals surface area contributed by atoms with Crippen molar-refractivity contribution in [2.45, 2.75) is 18.2 Å². The van der Waals surface area contributed by atoms with Gasteiger partial charge >= 0.3 is 0 Å². The Bertz CT molecular complexity index is 1360. The molecule has 0 aliphatic heterocycles. The summed E-state index contributed by atoms with van der Waals surface area (Å²) < 4.78 is 24.9. The quantitative estimate of drug-likeness (QED) is 0.383. The molecule has 0 amide bonds. The molecular formula is C18H17N7O3S2. The average molecular weight is 444 g/mol. The van der Waals surface area contributed by atoms with Crippen LogP contribution >= 0.6 is 11.3 Å². The summed E-state index contributed by atoms with van der Waals surface area (Å²) in [5.41, 5.74) is 7.92. The van der Waals surface area contributed by atoms with Crippen LogP contribution in [0.1, 0.15) is 23.7 Å². The van der Waals surface area contributed by atoms with E-state index >= 15 is 0 Å². The molecule has 0 saturated carbocycles. The summed E-state index contributed by atoms with van der Waals surface area (Å²) >= 11 is 1.34. The van der Waals surface area contributed by atoms with E-state index in [1.165, 1.54) is 28.2 Å². The first-order valence-corrected chi connectivity index (χ1v) is 11.2. The number of Topliss-reactive ketones (excluding diaryl/α,β-unsaturated/α-hetero) is 1. The number of sulfonamides is 1. The topological polar surface area (TPSA) is 159 Å². The predicted octanol–water partition coefficient (Wildman–Crippen LogP) is 2.44. The van der Waals surface area contributed by atoms with Gasteiger partial charge in [0.25, 0.3) is 0 Å². The van der Waals surface area contributed by atoms with Crippen molar-refractivity contribution in [1.82, 2.24) is 19.7 Å². The number of ketones is 1. The first kappa shape index (κ1) is 19.9. The van der Waals surface area contributed by atoms with E-state index in [0.717, 1.165) is 10.2 Å².